The van der Waals surface area contributed by atoms with Crippen LogP contribution in [0.1, 0.15) is 37.6 Å². The molecule has 0 bridgehead atoms. The number of rotatable bonds is 6. The van der Waals surface area contributed by atoms with E-state index < -0.39 is 5.97 Å². The topological polar surface area (TPSA) is 46.5 Å². The number of hydrogen-bond acceptors (Lipinski definition) is 2. The first-order valence-electron chi connectivity index (χ1n) is 6.05. The van der Waals surface area contributed by atoms with Crippen LogP contribution in [0.25, 0.3) is 0 Å². The average molecular weight is 315 g/mol. The lowest BCUT2D eigenvalue weighted by Gasteiger charge is -2.16. The quantitative estimate of drug-likeness (QED) is 0.855. The van der Waals surface area contributed by atoms with Crippen LogP contribution in [0.5, 0.6) is 5.75 Å². The molecule has 0 fully saturated rings. The van der Waals surface area contributed by atoms with Gasteiger partial charge in [-0.2, -0.15) is 0 Å². The van der Waals surface area contributed by atoms with E-state index in [4.69, 9.17) is 9.84 Å². The van der Waals surface area contributed by atoms with Crippen molar-refractivity contribution < 1.29 is 14.6 Å². The third kappa shape index (κ3) is 4.69. The molecule has 1 aromatic rings. The number of carboxylic acid groups (broad SMARTS) is 1. The van der Waals surface area contributed by atoms with Crippen LogP contribution in [0.2, 0.25) is 0 Å². The number of aromatic carboxylic acids is 1. The summed E-state index contributed by atoms with van der Waals surface area (Å²) in [6.07, 6.45) is 1.09. The van der Waals surface area contributed by atoms with Gasteiger partial charge in [0.2, 0.25) is 0 Å². The van der Waals surface area contributed by atoms with E-state index in [1.54, 1.807) is 18.2 Å². The maximum absolute atomic E-state index is 10.9. The molecule has 1 rings (SSSR count). The first-order valence-corrected chi connectivity index (χ1v) is 6.85. The Kier molecular flexibility index (Phi) is 5.66. The van der Waals surface area contributed by atoms with Crippen molar-refractivity contribution in [3.05, 3.63) is 28.2 Å². The van der Waals surface area contributed by atoms with Gasteiger partial charge in [0.25, 0.3) is 0 Å². The lowest BCUT2D eigenvalue weighted by Crippen LogP contribution is -2.11. The third-order valence-electron chi connectivity index (χ3n) is 2.58. The molecule has 1 unspecified atom stereocenters. The zero-order valence-electron chi connectivity index (χ0n) is 10.9. The second kappa shape index (κ2) is 6.78. The Balaban J connectivity index is 2.66. The Morgan fingerprint density at radius 2 is 2.06 bits per heavy atom. The van der Waals surface area contributed by atoms with Crippen molar-refractivity contribution in [2.24, 2.45) is 11.8 Å². The van der Waals surface area contributed by atoms with Gasteiger partial charge in [-0.15, -0.1) is 0 Å². The predicted octanol–water partition coefficient (Wildman–Crippen LogP) is 4.21. The lowest BCUT2D eigenvalue weighted by atomic mass is 10.00. The molecule has 0 radical (unpaired) electrons. The molecular weight excluding hydrogens is 296 g/mol. The highest BCUT2D eigenvalue weighted by Crippen LogP contribution is 2.27. The average Bonchev–Trinajstić information content (AvgIpc) is 2.26. The SMILES string of the molecule is CC(C)CC(C)COc1cc(C(=O)O)ccc1Br. The molecule has 0 heterocycles. The highest BCUT2D eigenvalue weighted by molar-refractivity contribution is 9.10. The summed E-state index contributed by atoms with van der Waals surface area (Å²) in [7, 11) is 0. The first kappa shape index (κ1) is 15.0. The van der Waals surface area contributed by atoms with E-state index >= 15 is 0 Å². The number of carbonyl (C=O) groups is 1. The van der Waals surface area contributed by atoms with Crippen molar-refractivity contribution in [3.63, 3.8) is 0 Å². The summed E-state index contributed by atoms with van der Waals surface area (Å²) in [5, 5.41) is 8.93. The van der Waals surface area contributed by atoms with E-state index in [1.165, 1.54) is 0 Å². The van der Waals surface area contributed by atoms with Gasteiger partial charge in [-0.1, -0.05) is 20.8 Å². The van der Waals surface area contributed by atoms with Crippen molar-refractivity contribution in [3.8, 4) is 5.75 Å². The fourth-order valence-corrected chi connectivity index (χ4v) is 2.21. The normalized spacial score (nSPS) is 12.5. The Labute approximate surface area is 116 Å². The minimum atomic E-state index is -0.942. The Morgan fingerprint density at radius 3 is 2.61 bits per heavy atom. The molecule has 3 nitrogen and oxygen atoms in total. The summed E-state index contributed by atoms with van der Waals surface area (Å²) < 4.78 is 6.46. The minimum absolute atomic E-state index is 0.240. The molecule has 1 aromatic carbocycles. The number of halogens is 1. The molecule has 0 saturated heterocycles. The number of benzene rings is 1. The molecule has 1 atom stereocenters. The molecule has 0 aliphatic rings. The number of hydrogen-bond donors (Lipinski definition) is 1. The maximum atomic E-state index is 10.9. The molecule has 100 valence electrons. The van der Waals surface area contributed by atoms with Crippen LogP contribution in [0, 0.1) is 11.8 Å². The second-order valence-electron chi connectivity index (χ2n) is 5.00. The summed E-state index contributed by atoms with van der Waals surface area (Å²) >= 11 is 3.36. The summed E-state index contributed by atoms with van der Waals surface area (Å²) in [5.74, 6) is 0.732. The zero-order valence-corrected chi connectivity index (χ0v) is 12.5. The predicted molar refractivity (Wildman–Crippen MR) is 75.2 cm³/mol. The molecule has 0 amide bonds. The smallest absolute Gasteiger partial charge is 0.335 e. The van der Waals surface area contributed by atoms with Crippen molar-refractivity contribution in [1.82, 2.24) is 0 Å². The largest absolute Gasteiger partial charge is 0.492 e. The summed E-state index contributed by atoms with van der Waals surface area (Å²) in [5.41, 5.74) is 0.240. The van der Waals surface area contributed by atoms with Gasteiger partial charge in [-0.05, 0) is 52.4 Å². The van der Waals surface area contributed by atoms with Crippen LogP contribution in [0.3, 0.4) is 0 Å². The molecule has 0 saturated carbocycles. The zero-order chi connectivity index (χ0) is 13.7. The van der Waals surface area contributed by atoms with Crippen LogP contribution in [0.15, 0.2) is 22.7 Å². The molecular formula is C14H19BrO3. The molecule has 0 aromatic heterocycles. The van der Waals surface area contributed by atoms with Gasteiger partial charge >= 0.3 is 5.97 Å². The van der Waals surface area contributed by atoms with Crippen LogP contribution in [-0.2, 0) is 0 Å². The maximum Gasteiger partial charge on any atom is 0.335 e. The van der Waals surface area contributed by atoms with Gasteiger partial charge in [0.05, 0.1) is 16.6 Å². The van der Waals surface area contributed by atoms with Gasteiger partial charge in [-0.3, -0.25) is 0 Å². The highest BCUT2D eigenvalue weighted by atomic mass is 79.9. The fraction of sp³-hybridized carbons (Fsp3) is 0.500. The van der Waals surface area contributed by atoms with E-state index in [0.717, 1.165) is 10.9 Å². The summed E-state index contributed by atoms with van der Waals surface area (Å²) in [6.45, 7) is 7.09. The Hall–Kier alpha value is -1.03. The van der Waals surface area contributed by atoms with E-state index in [-0.39, 0.29) is 5.56 Å². The second-order valence-corrected chi connectivity index (χ2v) is 5.85. The van der Waals surface area contributed by atoms with Gasteiger partial charge < -0.3 is 9.84 Å². The van der Waals surface area contributed by atoms with Crippen molar-refractivity contribution >= 4 is 21.9 Å². The first-order chi connectivity index (χ1) is 8.40. The van der Waals surface area contributed by atoms with Gasteiger partial charge in [-0.25, -0.2) is 4.79 Å². The van der Waals surface area contributed by atoms with Crippen LogP contribution >= 0.6 is 15.9 Å². The Bertz CT molecular complexity index is 416. The van der Waals surface area contributed by atoms with Crippen molar-refractivity contribution in [2.75, 3.05) is 6.61 Å². The number of ether oxygens (including phenoxy) is 1. The molecule has 0 spiro atoms. The van der Waals surface area contributed by atoms with E-state index in [2.05, 4.69) is 36.7 Å². The molecule has 1 N–H and O–H groups in total. The molecule has 0 aliphatic heterocycles. The standard InChI is InChI=1S/C14H19BrO3/c1-9(2)6-10(3)8-18-13-7-11(14(16)17)4-5-12(13)15/h4-5,7,9-10H,6,8H2,1-3H3,(H,16,17). The number of carboxylic acids is 1. The van der Waals surface area contributed by atoms with Gasteiger partial charge in [0.1, 0.15) is 5.75 Å². The molecule has 4 heteroatoms. The van der Waals surface area contributed by atoms with Crippen molar-refractivity contribution in [1.29, 1.82) is 0 Å². The van der Waals surface area contributed by atoms with Crippen molar-refractivity contribution in [2.45, 2.75) is 27.2 Å². The minimum Gasteiger partial charge on any atom is -0.492 e. The Morgan fingerprint density at radius 1 is 1.39 bits per heavy atom. The van der Waals surface area contributed by atoms with E-state index in [9.17, 15) is 4.79 Å². The van der Waals surface area contributed by atoms with Gasteiger partial charge in [0.15, 0.2) is 0 Å². The van der Waals surface area contributed by atoms with Crippen LogP contribution in [-0.4, -0.2) is 17.7 Å². The van der Waals surface area contributed by atoms with Crippen LogP contribution in [0.4, 0.5) is 0 Å². The third-order valence-corrected chi connectivity index (χ3v) is 3.23. The summed E-state index contributed by atoms with van der Waals surface area (Å²) in [6, 6.07) is 4.80. The van der Waals surface area contributed by atoms with E-state index in [0.29, 0.717) is 24.2 Å². The summed E-state index contributed by atoms with van der Waals surface area (Å²) in [4.78, 5) is 10.9. The monoisotopic (exact) mass is 314 g/mol. The molecule has 18 heavy (non-hydrogen) atoms. The van der Waals surface area contributed by atoms with E-state index in [1.807, 2.05) is 0 Å². The van der Waals surface area contributed by atoms with Crippen LogP contribution < -0.4 is 4.74 Å². The lowest BCUT2D eigenvalue weighted by molar-refractivity contribution is 0.0696. The fourth-order valence-electron chi connectivity index (χ4n) is 1.85. The highest BCUT2D eigenvalue weighted by Gasteiger charge is 2.10. The van der Waals surface area contributed by atoms with Gasteiger partial charge in [0, 0.05) is 0 Å². The molecule has 0 aliphatic carbocycles.